The molecule has 2 aromatic rings. The van der Waals surface area contributed by atoms with Crippen LogP contribution in [0.5, 0.6) is 0 Å². The smallest absolute Gasteiger partial charge is 0.263 e. The van der Waals surface area contributed by atoms with Gasteiger partial charge in [-0.05, 0) is 31.0 Å². The van der Waals surface area contributed by atoms with Gasteiger partial charge in [-0.2, -0.15) is 0 Å². The fourth-order valence-electron chi connectivity index (χ4n) is 1.52. The van der Waals surface area contributed by atoms with E-state index in [0.29, 0.717) is 11.4 Å². The summed E-state index contributed by atoms with van der Waals surface area (Å²) in [6, 6.07) is 7.63. The van der Waals surface area contributed by atoms with Gasteiger partial charge in [-0.1, -0.05) is 23.7 Å². The van der Waals surface area contributed by atoms with E-state index >= 15 is 0 Å². The number of aryl methyl sites for hydroxylation is 1. The molecule has 1 amide bonds. The standard InChI is InChI=1S/C13H13ClN2OS/c1-9-16-8-12(18-9)13(17)15-7-6-10-2-4-11(14)5-3-10/h2-5,8H,6-7H2,1H3,(H,15,17). The lowest BCUT2D eigenvalue weighted by molar-refractivity contribution is 0.0958. The molecule has 0 aliphatic carbocycles. The van der Waals surface area contributed by atoms with Crippen LogP contribution in [-0.4, -0.2) is 17.4 Å². The number of halogens is 1. The van der Waals surface area contributed by atoms with Gasteiger partial charge in [0.2, 0.25) is 0 Å². The molecule has 1 heterocycles. The molecule has 94 valence electrons. The molecule has 0 radical (unpaired) electrons. The van der Waals surface area contributed by atoms with Gasteiger partial charge in [0, 0.05) is 11.6 Å². The van der Waals surface area contributed by atoms with Gasteiger partial charge >= 0.3 is 0 Å². The molecular formula is C13H13ClN2OS. The first-order valence-corrected chi connectivity index (χ1v) is 6.79. The van der Waals surface area contributed by atoms with Gasteiger partial charge in [-0.3, -0.25) is 4.79 Å². The van der Waals surface area contributed by atoms with Crippen molar-refractivity contribution in [3.05, 3.63) is 50.9 Å². The van der Waals surface area contributed by atoms with Crippen molar-refractivity contribution in [1.29, 1.82) is 0 Å². The summed E-state index contributed by atoms with van der Waals surface area (Å²) in [5.74, 6) is -0.0606. The predicted octanol–water partition coefficient (Wildman–Crippen LogP) is 3.08. The zero-order valence-electron chi connectivity index (χ0n) is 9.94. The third kappa shape index (κ3) is 3.55. The lowest BCUT2D eigenvalue weighted by Gasteiger charge is -2.03. The van der Waals surface area contributed by atoms with E-state index in [-0.39, 0.29) is 5.91 Å². The van der Waals surface area contributed by atoms with Gasteiger partial charge in [-0.15, -0.1) is 11.3 Å². The van der Waals surface area contributed by atoms with E-state index in [9.17, 15) is 4.79 Å². The number of carbonyl (C=O) groups is 1. The zero-order valence-corrected chi connectivity index (χ0v) is 11.5. The van der Waals surface area contributed by atoms with Gasteiger partial charge in [-0.25, -0.2) is 4.98 Å². The fourth-order valence-corrected chi connectivity index (χ4v) is 2.34. The van der Waals surface area contributed by atoms with E-state index in [2.05, 4.69) is 10.3 Å². The van der Waals surface area contributed by atoms with E-state index in [0.717, 1.165) is 22.0 Å². The lowest BCUT2D eigenvalue weighted by Crippen LogP contribution is -2.24. The van der Waals surface area contributed by atoms with E-state index in [4.69, 9.17) is 11.6 Å². The van der Waals surface area contributed by atoms with Crippen molar-refractivity contribution < 1.29 is 4.79 Å². The number of benzene rings is 1. The third-order valence-electron chi connectivity index (χ3n) is 2.46. The highest BCUT2D eigenvalue weighted by atomic mass is 35.5. The third-order valence-corrected chi connectivity index (χ3v) is 3.62. The molecule has 0 unspecified atom stereocenters. The van der Waals surface area contributed by atoms with Crippen molar-refractivity contribution in [2.45, 2.75) is 13.3 Å². The zero-order chi connectivity index (χ0) is 13.0. The molecule has 0 bridgehead atoms. The van der Waals surface area contributed by atoms with Crippen LogP contribution < -0.4 is 5.32 Å². The van der Waals surface area contributed by atoms with Crippen LogP contribution in [0.4, 0.5) is 0 Å². The number of carbonyl (C=O) groups excluding carboxylic acids is 1. The molecule has 1 aromatic carbocycles. The number of hydrogen-bond acceptors (Lipinski definition) is 3. The molecule has 0 saturated carbocycles. The van der Waals surface area contributed by atoms with Crippen LogP contribution in [0, 0.1) is 6.92 Å². The number of thiazole rings is 1. The molecule has 0 atom stereocenters. The average Bonchev–Trinajstić information content (AvgIpc) is 2.78. The number of amides is 1. The van der Waals surface area contributed by atoms with Gasteiger partial charge in [0.15, 0.2) is 0 Å². The SMILES string of the molecule is Cc1ncc(C(=O)NCCc2ccc(Cl)cc2)s1. The van der Waals surface area contributed by atoms with Crippen LogP contribution >= 0.6 is 22.9 Å². The first-order chi connectivity index (χ1) is 8.65. The highest BCUT2D eigenvalue weighted by Crippen LogP contribution is 2.11. The van der Waals surface area contributed by atoms with Crippen molar-refractivity contribution in [2.75, 3.05) is 6.54 Å². The molecule has 18 heavy (non-hydrogen) atoms. The maximum atomic E-state index is 11.7. The molecule has 2 rings (SSSR count). The summed E-state index contributed by atoms with van der Waals surface area (Å²) < 4.78 is 0. The first-order valence-electron chi connectivity index (χ1n) is 5.60. The molecule has 0 fully saturated rings. The lowest BCUT2D eigenvalue weighted by atomic mass is 10.1. The molecule has 1 N–H and O–H groups in total. The van der Waals surface area contributed by atoms with Crippen LogP contribution in [0.2, 0.25) is 5.02 Å². The topological polar surface area (TPSA) is 42.0 Å². The van der Waals surface area contributed by atoms with E-state index in [1.54, 1.807) is 6.20 Å². The number of rotatable bonds is 4. The van der Waals surface area contributed by atoms with E-state index in [1.165, 1.54) is 11.3 Å². The van der Waals surface area contributed by atoms with Crippen molar-refractivity contribution >= 4 is 28.8 Å². The molecule has 0 aliphatic rings. The Morgan fingerprint density at radius 3 is 2.72 bits per heavy atom. The second kappa shape index (κ2) is 5.98. The molecule has 1 aromatic heterocycles. The van der Waals surface area contributed by atoms with Crippen LogP contribution in [-0.2, 0) is 6.42 Å². The average molecular weight is 281 g/mol. The second-order valence-corrected chi connectivity index (χ2v) is 5.55. The summed E-state index contributed by atoms with van der Waals surface area (Å²) in [6.07, 6.45) is 2.40. The minimum absolute atomic E-state index is 0.0606. The molecule has 5 heteroatoms. The molecular weight excluding hydrogens is 268 g/mol. The maximum Gasteiger partial charge on any atom is 0.263 e. The normalized spacial score (nSPS) is 10.3. The van der Waals surface area contributed by atoms with Gasteiger partial charge < -0.3 is 5.32 Å². The Labute approximate surface area is 115 Å². The highest BCUT2D eigenvalue weighted by molar-refractivity contribution is 7.13. The largest absolute Gasteiger partial charge is 0.351 e. The van der Waals surface area contributed by atoms with Gasteiger partial charge in [0.25, 0.3) is 5.91 Å². The van der Waals surface area contributed by atoms with Crippen molar-refractivity contribution in [3.8, 4) is 0 Å². The highest BCUT2D eigenvalue weighted by Gasteiger charge is 2.07. The quantitative estimate of drug-likeness (QED) is 0.935. The van der Waals surface area contributed by atoms with Crippen LogP contribution in [0.25, 0.3) is 0 Å². The number of nitrogens with zero attached hydrogens (tertiary/aromatic N) is 1. The molecule has 0 saturated heterocycles. The van der Waals surface area contributed by atoms with Crippen LogP contribution in [0.3, 0.4) is 0 Å². The Hall–Kier alpha value is -1.39. The number of hydrogen-bond donors (Lipinski definition) is 1. The van der Waals surface area contributed by atoms with Crippen molar-refractivity contribution in [3.63, 3.8) is 0 Å². The van der Waals surface area contributed by atoms with Gasteiger partial charge in [0.05, 0.1) is 11.2 Å². The summed E-state index contributed by atoms with van der Waals surface area (Å²) in [5, 5.41) is 4.50. The minimum atomic E-state index is -0.0606. The fraction of sp³-hybridized carbons (Fsp3) is 0.231. The Morgan fingerprint density at radius 1 is 1.39 bits per heavy atom. The Balaban J connectivity index is 1.82. The second-order valence-electron chi connectivity index (χ2n) is 3.88. The van der Waals surface area contributed by atoms with Gasteiger partial charge in [0.1, 0.15) is 4.88 Å². The Bertz CT molecular complexity index is 536. The summed E-state index contributed by atoms with van der Waals surface area (Å²) >= 11 is 7.21. The van der Waals surface area contributed by atoms with Crippen LogP contribution in [0.15, 0.2) is 30.5 Å². The summed E-state index contributed by atoms with van der Waals surface area (Å²) in [5.41, 5.74) is 1.15. The predicted molar refractivity (Wildman–Crippen MR) is 74.3 cm³/mol. The Kier molecular flexibility index (Phi) is 4.33. The summed E-state index contributed by atoms with van der Waals surface area (Å²) in [6.45, 7) is 2.49. The Morgan fingerprint density at radius 2 is 2.11 bits per heavy atom. The van der Waals surface area contributed by atoms with Crippen LogP contribution in [0.1, 0.15) is 20.2 Å². The van der Waals surface area contributed by atoms with Crippen molar-refractivity contribution in [1.82, 2.24) is 10.3 Å². The molecule has 0 spiro atoms. The first kappa shape index (κ1) is 13.1. The minimum Gasteiger partial charge on any atom is -0.351 e. The number of aromatic nitrogens is 1. The van der Waals surface area contributed by atoms with E-state index in [1.807, 2.05) is 31.2 Å². The maximum absolute atomic E-state index is 11.7. The summed E-state index contributed by atoms with van der Waals surface area (Å²) in [7, 11) is 0. The number of nitrogens with one attached hydrogen (secondary N) is 1. The van der Waals surface area contributed by atoms with Crippen molar-refractivity contribution in [2.24, 2.45) is 0 Å². The molecule has 0 aliphatic heterocycles. The summed E-state index contributed by atoms with van der Waals surface area (Å²) in [4.78, 5) is 16.5. The monoisotopic (exact) mass is 280 g/mol. The van der Waals surface area contributed by atoms with E-state index < -0.39 is 0 Å². The molecule has 3 nitrogen and oxygen atoms in total.